The van der Waals surface area contributed by atoms with Gasteiger partial charge in [-0.1, -0.05) is 103 Å². The Balaban J connectivity index is 1.36. The average molecular weight is 548 g/mol. The molecule has 5 heteroatoms. The highest BCUT2D eigenvalue weighted by atomic mass is 32.1. The summed E-state index contributed by atoms with van der Waals surface area (Å²) in [5.74, 6) is 2.05. The van der Waals surface area contributed by atoms with Gasteiger partial charge < -0.3 is 0 Å². The zero-order chi connectivity index (χ0) is 26.5. The van der Waals surface area contributed by atoms with Crippen LogP contribution >= 0.6 is 22.7 Å². The number of benzene rings is 5. The highest BCUT2D eigenvalue weighted by molar-refractivity contribution is 7.25. The number of thiophene rings is 2. The van der Waals surface area contributed by atoms with Gasteiger partial charge in [0, 0.05) is 36.0 Å². The highest BCUT2D eigenvalue weighted by Gasteiger charge is 2.17. The van der Waals surface area contributed by atoms with Crippen molar-refractivity contribution in [3.8, 4) is 44.6 Å². The Hall–Kier alpha value is -4.71. The van der Waals surface area contributed by atoms with E-state index in [9.17, 15) is 0 Å². The normalized spacial score (nSPS) is 11.5. The van der Waals surface area contributed by atoms with E-state index in [2.05, 4.69) is 115 Å². The average Bonchev–Trinajstić information content (AvgIpc) is 3.63. The Labute approximate surface area is 239 Å². The summed E-state index contributed by atoms with van der Waals surface area (Å²) in [5.41, 5.74) is 4.21. The molecule has 8 aromatic rings. The van der Waals surface area contributed by atoms with Gasteiger partial charge in [-0.05, 0) is 40.8 Å². The van der Waals surface area contributed by atoms with Crippen LogP contribution in [0.25, 0.3) is 74.9 Å². The first-order valence-electron chi connectivity index (χ1n) is 13.1. The fourth-order valence-electron chi connectivity index (χ4n) is 5.24. The number of fused-ring (bicyclic) bond motifs is 4. The van der Waals surface area contributed by atoms with Gasteiger partial charge in [-0.2, -0.15) is 0 Å². The van der Waals surface area contributed by atoms with E-state index < -0.39 is 0 Å². The fourth-order valence-corrected chi connectivity index (χ4v) is 7.38. The summed E-state index contributed by atoms with van der Waals surface area (Å²) in [6, 6.07) is 44.5. The second-order valence-corrected chi connectivity index (χ2v) is 11.8. The second-order valence-electron chi connectivity index (χ2n) is 9.68. The van der Waals surface area contributed by atoms with E-state index in [1.165, 1.54) is 30.3 Å². The molecule has 0 radical (unpaired) electrons. The third-order valence-corrected chi connectivity index (χ3v) is 9.42. The molecular formula is C35H21N3S2. The topological polar surface area (TPSA) is 38.7 Å². The Kier molecular flexibility index (Phi) is 5.50. The molecule has 0 aliphatic carbocycles. The Morgan fingerprint density at radius 3 is 1.95 bits per heavy atom. The van der Waals surface area contributed by atoms with Crippen molar-refractivity contribution in [2.45, 2.75) is 0 Å². The summed E-state index contributed by atoms with van der Waals surface area (Å²) in [7, 11) is 0. The molecule has 0 bridgehead atoms. The van der Waals surface area contributed by atoms with E-state index in [4.69, 9.17) is 15.0 Å². The molecule has 0 saturated heterocycles. The number of rotatable bonds is 4. The van der Waals surface area contributed by atoms with Crippen LogP contribution < -0.4 is 0 Å². The van der Waals surface area contributed by atoms with Gasteiger partial charge in [-0.3, -0.25) is 0 Å². The first-order valence-corrected chi connectivity index (χ1v) is 14.7. The minimum Gasteiger partial charge on any atom is -0.208 e. The molecule has 5 aromatic carbocycles. The molecule has 0 saturated carbocycles. The molecule has 0 aliphatic heterocycles. The molecule has 0 spiro atoms. The quantitative estimate of drug-likeness (QED) is 0.220. The van der Waals surface area contributed by atoms with Crippen LogP contribution in [0.15, 0.2) is 127 Å². The number of nitrogens with zero attached hydrogens (tertiary/aromatic N) is 3. The maximum Gasteiger partial charge on any atom is 0.174 e. The first kappa shape index (κ1) is 23.2. The van der Waals surface area contributed by atoms with Crippen LogP contribution in [-0.4, -0.2) is 15.0 Å². The highest BCUT2D eigenvalue weighted by Crippen LogP contribution is 2.38. The molecule has 0 atom stereocenters. The maximum atomic E-state index is 5.09. The molecule has 3 aromatic heterocycles. The first-order chi connectivity index (χ1) is 19.8. The molecular weight excluding hydrogens is 527 g/mol. The lowest BCUT2D eigenvalue weighted by atomic mass is 9.99. The van der Waals surface area contributed by atoms with Crippen LogP contribution in [0.4, 0.5) is 0 Å². The van der Waals surface area contributed by atoms with Crippen molar-refractivity contribution >= 4 is 52.9 Å². The Morgan fingerprint density at radius 1 is 0.400 bits per heavy atom. The molecule has 0 amide bonds. The van der Waals surface area contributed by atoms with Crippen LogP contribution in [0.3, 0.4) is 0 Å². The summed E-state index contributed by atoms with van der Waals surface area (Å²) in [6.45, 7) is 0. The van der Waals surface area contributed by atoms with E-state index in [1.54, 1.807) is 22.7 Å². The van der Waals surface area contributed by atoms with Crippen molar-refractivity contribution in [3.63, 3.8) is 0 Å². The van der Waals surface area contributed by atoms with Crippen molar-refractivity contribution in [2.75, 3.05) is 0 Å². The van der Waals surface area contributed by atoms with Gasteiger partial charge in [0.2, 0.25) is 0 Å². The van der Waals surface area contributed by atoms with Gasteiger partial charge in [0.15, 0.2) is 17.5 Å². The molecule has 3 heterocycles. The van der Waals surface area contributed by atoms with Gasteiger partial charge in [0.1, 0.15) is 0 Å². The third-order valence-electron chi connectivity index (χ3n) is 7.17. The molecule has 3 nitrogen and oxygen atoms in total. The summed E-state index contributed by atoms with van der Waals surface area (Å²) in [6.07, 6.45) is 0. The standard InChI is InChI=1S/C35H21N3S2/c1-2-10-22(11-3-1)25-13-5-6-15-28(25)34-36-33(37-35(38-34)32-20-23-12-4-8-16-29(23)39-32)24-18-19-27-26-14-7-9-17-30(26)40-31(27)21-24/h1-21H. The lowest BCUT2D eigenvalue weighted by molar-refractivity contribution is 1.08. The summed E-state index contributed by atoms with van der Waals surface area (Å²) in [5, 5.41) is 3.74. The zero-order valence-corrected chi connectivity index (χ0v) is 22.9. The number of hydrogen-bond acceptors (Lipinski definition) is 5. The summed E-state index contributed by atoms with van der Waals surface area (Å²) in [4.78, 5) is 16.2. The van der Waals surface area contributed by atoms with Crippen molar-refractivity contribution in [3.05, 3.63) is 127 Å². The van der Waals surface area contributed by atoms with Crippen LogP contribution in [0.1, 0.15) is 0 Å². The van der Waals surface area contributed by atoms with Crippen LogP contribution in [0.5, 0.6) is 0 Å². The van der Waals surface area contributed by atoms with Crippen LogP contribution in [0.2, 0.25) is 0 Å². The smallest absolute Gasteiger partial charge is 0.174 e. The maximum absolute atomic E-state index is 5.09. The van der Waals surface area contributed by atoms with Gasteiger partial charge in [0.25, 0.3) is 0 Å². The molecule has 188 valence electrons. The van der Waals surface area contributed by atoms with Crippen molar-refractivity contribution in [1.29, 1.82) is 0 Å². The van der Waals surface area contributed by atoms with Gasteiger partial charge in [-0.15, -0.1) is 22.7 Å². The van der Waals surface area contributed by atoms with Gasteiger partial charge in [-0.25, -0.2) is 15.0 Å². The van der Waals surface area contributed by atoms with E-state index in [-0.39, 0.29) is 0 Å². The van der Waals surface area contributed by atoms with E-state index in [1.807, 2.05) is 12.1 Å². The molecule has 0 fully saturated rings. The largest absolute Gasteiger partial charge is 0.208 e. The Morgan fingerprint density at radius 2 is 1.07 bits per heavy atom. The van der Waals surface area contributed by atoms with Crippen molar-refractivity contribution < 1.29 is 0 Å². The lowest BCUT2D eigenvalue weighted by Gasteiger charge is -2.11. The van der Waals surface area contributed by atoms with Crippen molar-refractivity contribution in [2.24, 2.45) is 0 Å². The molecule has 40 heavy (non-hydrogen) atoms. The van der Waals surface area contributed by atoms with Crippen LogP contribution in [-0.2, 0) is 0 Å². The minimum atomic E-state index is 0.674. The molecule has 0 aliphatic rings. The predicted molar refractivity (Wildman–Crippen MR) is 170 cm³/mol. The van der Waals surface area contributed by atoms with Gasteiger partial charge >= 0.3 is 0 Å². The van der Waals surface area contributed by atoms with E-state index in [0.717, 1.165) is 27.1 Å². The molecule has 0 N–H and O–H groups in total. The van der Waals surface area contributed by atoms with Crippen LogP contribution in [0, 0.1) is 0 Å². The lowest BCUT2D eigenvalue weighted by Crippen LogP contribution is -2.00. The second kappa shape index (κ2) is 9.49. The predicted octanol–water partition coefficient (Wildman–Crippen LogP) is 10.1. The molecule has 0 unspecified atom stereocenters. The zero-order valence-electron chi connectivity index (χ0n) is 21.3. The van der Waals surface area contributed by atoms with E-state index >= 15 is 0 Å². The minimum absolute atomic E-state index is 0.674. The SMILES string of the molecule is c1ccc(-c2ccccc2-c2nc(-c3ccc4c(c3)sc3ccccc34)nc(-c3cc4ccccc4s3)n2)cc1. The third kappa shape index (κ3) is 3.99. The summed E-state index contributed by atoms with van der Waals surface area (Å²) < 4.78 is 3.74. The molecule has 8 rings (SSSR count). The van der Waals surface area contributed by atoms with Crippen molar-refractivity contribution in [1.82, 2.24) is 15.0 Å². The fraction of sp³-hybridized carbons (Fsp3) is 0. The number of hydrogen-bond donors (Lipinski definition) is 0. The van der Waals surface area contributed by atoms with E-state index in [0.29, 0.717) is 17.5 Å². The monoisotopic (exact) mass is 547 g/mol. The van der Waals surface area contributed by atoms with Gasteiger partial charge in [0.05, 0.1) is 4.88 Å². The summed E-state index contributed by atoms with van der Waals surface area (Å²) >= 11 is 3.52. The Bertz CT molecular complexity index is 2140. The number of aromatic nitrogens is 3.